The zero-order valence-electron chi connectivity index (χ0n) is 16.3. The van der Waals surface area contributed by atoms with Gasteiger partial charge in [0.1, 0.15) is 11.5 Å². The predicted molar refractivity (Wildman–Crippen MR) is 112 cm³/mol. The zero-order valence-corrected chi connectivity index (χ0v) is 16.3. The van der Waals surface area contributed by atoms with Gasteiger partial charge in [0.2, 0.25) is 5.78 Å². The van der Waals surface area contributed by atoms with E-state index >= 15 is 0 Å². The molecule has 0 saturated heterocycles. The van der Waals surface area contributed by atoms with Crippen LogP contribution in [0.3, 0.4) is 0 Å². The Morgan fingerprint density at radius 3 is 2.79 bits per heavy atom. The molecule has 2 aromatic carbocycles. The topological polar surface area (TPSA) is 92.4 Å². The molecule has 0 fully saturated rings. The molecule has 29 heavy (non-hydrogen) atoms. The Bertz CT molecular complexity index is 1140. The number of ketones is 1. The molecular formula is C22H21N3O4. The predicted octanol–water partition coefficient (Wildman–Crippen LogP) is 4.32. The van der Waals surface area contributed by atoms with Crippen LogP contribution in [0.4, 0.5) is 10.5 Å². The lowest BCUT2D eigenvalue weighted by atomic mass is 10.1. The van der Waals surface area contributed by atoms with Crippen molar-refractivity contribution in [2.45, 2.75) is 19.9 Å². The number of benzene rings is 2. The fourth-order valence-corrected chi connectivity index (χ4v) is 3.21. The van der Waals surface area contributed by atoms with Crippen molar-refractivity contribution < 1.29 is 19.1 Å². The summed E-state index contributed by atoms with van der Waals surface area (Å²) in [6, 6.07) is 10.4. The number of urea groups is 1. The van der Waals surface area contributed by atoms with Gasteiger partial charge in [-0.3, -0.25) is 4.79 Å². The first kappa shape index (κ1) is 18.6. The van der Waals surface area contributed by atoms with Gasteiger partial charge in [0.25, 0.3) is 0 Å². The number of carbonyl (C=O) groups is 2. The van der Waals surface area contributed by atoms with Crippen molar-refractivity contribution in [2.24, 2.45) is 0 Å². The van der Waals surface area contributed by atoms with E-state index in [-0.39, 0.29) is 23.6 Å². The van der Waals surface area contributed by atoms with Gasteiger partial charge in [-0.05, 0) is 56.3 Å². The number of amides is 2. The van der Waals surface area contributed by atoms with Gasteiger partial charge in [-0.2, -0.15) is 0 Å². The molecule has 3 aromatic rings. The molecule has 4 rings (SSSR count). The summed E-state index contributed by atoms with van der Waals surface area (Å²) in [5, 5.41) is 6.40. The molecule has 7 heteroatoms. The maximum absolute atomic E-state index is 12.8. The van der Waals surface area contributed by atoms with E-state index in [9.17, 15) is 9.59 Å². The lowest BCUT2D eigenvalue weighted by molar-refractivity contribution is 0.101. The van der Waals surface area contributed by atoms with Gasteiger partial charge in [0.05, 0.1) is 12.7 Å². The second-order valence-electron chi connectivity index (χ2n) is 7.06. The summed E-state index contributed by atoms with van der Waals surface area (Å²) < 4.78 is 11.0. The number of carbonyl (C=O) groups excluding carboxylic acids is 2. The Balaban J connectivity index is 1.61. The van der Waals surface area contributed by atoms with Crippen LogP contribution in [0.15, 0.2) is 48.4 Å². The molecule has 3 N–H and O–H groups in total. The fourth-order valence-electron chi connectivity index (χ4n) is 3.21. The molecule has 0 saturated carbocycles. The third kappa shape index (κ3) is 3.67. The number of anilines is 1. The van der Waals surface area contributed by atoms with Crippen molar-refractivity contribution in [3.63, 3.8) is 0 Å². The van der Waals surface area contributed by atoms with Gasteiger partial charge >= 0.3 is 6.03 Å². The van der Waals surface area contributed by atoms with Crippen LogP contribution in [0.2, 0.25) is 0 Å². The first-order chi connectivity index (χ1) is 13.9. The molecule has 0 spiro atoms. The third-order valence-electron chi connectivity index (χ3n) is 4.55. The van der Waals surface area contributed by atoms with E-state index < -0.39 is 0 Å². The summed E-state index contributed by atoms with van der Waals surface area (Å²) in [4.78, 5) is 27.9. The van der Waals surface area contributed by atoms with Gasteiger partial charge in [-0.15, -0.1) is 0 Å². The normalized spacial score (nSPS) is 14.2. The number of H-pyrrole nitrogens is 1. The first-order valence-corrected chi connectivity index (χ1v) is 9.25. The van der Waals surface area contributed by atoms with Gasteiger partial charge in [0, 0.05) is 34.4 Å². The second-order valence-corrected chi connectivity index (χ2v) is 7.06. The summed E-state index contributed by atoms with van der Waals surface area (Å²) in [6.45, 7) is 3.74. The number of allylic oxidation sites excluding steroid dienone is 1. The van der Waals surface area contributed by atoms with Crippen LogP contribution in [0.5, 0.6) is 11.5 Å². The molecular weight excluding hydrogens is 370 g/mol. The van der Waals surface area contributed by atoms with E-state index in [0.717, 1.165) is 22.2 Å². The highest BCUT2D eigenvalue weighted by atomic mass is 16.5. The number of Topliss-reactive ketones (excluding diaryl/α,β-unsaturated/α-hetero) is 1. The molecule has 1 aliphatic heterocycles. The van der Waals surface area contributed by atoms with Gasteiger partial charge < -0.3 is 25.1 Å². The number of aromatic amines is 1. The van der Waals surface area contributed by atoms with Crippen molar-refractivity contribution in [3.05, 3.63) is 59.5 Å². The maximum atomic E-state index is 12.8. The Morgan fingerprint density at radius 2 is 2.03 bits per heavy atom. The van der Waals surface area contributed by atoms with Crippen LogP contribution in [-0.2, 0) is 0 Å². The van der Waals surface area contributed by atoms with Crippen LogP contribution in [0.25, 0.3) is 17.0 Å². The smallest absolute Gasteiger partial charge is 0.319 e. The molecule has 1 aliphatic rings. The van der Waals surface area contributed by atoms with Gasteiger partial charge in [0.15, 0.2) is 5.76 Å². The standard InChI is InChI=1S/C22H21N3O4/c1-12(2)24-22(27)25-14-4-7-19-17(9-14)21(26)20(29-19)8-13-11-23-18-6-5-15(28-3)10-16(13)18/h4-12,23H,1-3H3,(H2,24,25,27)/b20-8-. The Hall–Kier alpha value is -3.74. The molecule has 2 amide bonds. The van der Waals surface area contributed by atoms with Gasteiger partial charge in [-0.1, -0.05) is 0 Å². The quantitative estimate of drug-likeness (QED) is 0.578. The number of nitrogens with one attached hydrogen (secondary N) is 3. The van der Waals surface area contributed by atoms with E-state index in [1.54, 1.807) is 31.4 Å². The van der Waals surface area contributed by atoms with E-state index in [1.807, 2.05) is 38.2 Å². The van der Waals surface area contributed by atoms with Crippen molar-refractivity contribution in [3.8, 4) is 11.5 Å². The molecule has 7 nitrogen and oxygen atoms in total. The summed E-state index contributed by atoms with van der Waals surface area (Å²) in [5.41, 5.74) is 2.70. The Labute approximate surface area is 167 Å². The monoisotopic (exact) mass is 391 g/mol. The van der Waals surface area contributed by atoms with Crippen LogP contribution in [-0.4, -0.2) is 29.9 Å². The maximum Gasteiger partial charge on any atom is 0.319 e. The highest BCUT2D eigenvalue weighted by molar-refractivity contribution is 6.15. The fraction of sp³-hybridized carbons (Fsp3) is 0.182. The SMILES string of the molecule is COc1ccc2[nH]cc(/C=C3\Oc4ccc(NC(=O)NC(C)C)cc4C3=O)c2c1. The summed E-state index contributed by atoms with van der Waals surface area (Å²) in [7, 11) is 1.61. The third-order valence-corrected chi connectivity index (χ3v) is 4.55. The number of aromatic nitrogens is 1. The van der Waals surface area contributed by atoms with Gasteiger partial charge in [-0.25, -0.2) is 4.79 Å². The summed E-state index contributed by atoms with van der Waals surface area (Å²) in [5.74, 6) is 1.19. The lowest BCUT2D eigenvalue weighted by Gasteiger charge is -2.10. The number of ether oxygens (including phenoxy) is 2. The molecule has 1 aromatic heterocycles. The number of methoxy groups -OCH3 is 1. The van der Waals surface area contributed by atoms with Crippen molar-refractivity contribution in [1.82, 2.24) is 10.3 Å². The first-order valence-electron chi connectivity index (χ1n) is 9.25. The molecule has 148 valence electrons. The number of fused-ring (bicyclic) bond motifs is 2. The molecule has 0 atom stereocenters. The average Bonchev–Trinajstić information content (AvgIpc) is 3.22. The highest BCUT2D eigenvalue weighted by Crippen LogP contribution is 2.35. The molecule has 0 unspecified atom stereocenters. The lowest BCUT2D eigenvalue weighted by Crippen LogP contribution is -2.34. The van der Waals surface area contributed by atoms with Crippen molar-refractivity contribution >= 4 is 34.5 Å². The van der Waals surface area contributed by atoms with Crippen LogP contribution >= 0.6 is 0 Å². The van der Waals surface area contributed by atoms with E-state index in [4.69, 9.17) is 9.47 Å². The summed E-state index contributed by atoms with van der Waals surface area (Å²) >= 11 is 0. The van der Waals surface area contributed by atoms with E-state index in [1.165, 1.54) is 0 Å². The second kappa shape index (κ2) is 7.35. The minimum atomic E-state index is -0.324. The molecule has 0 radical (unpaired) electrons. The van der Waals surface area contributed by atoms with Crippen molar-refractivity contribution in [1.29, 1.82) is 0 Å². The Morgan fingerprint density at radius 1 is 1.21 bits per heavy atom. The largest absolute Gasteiger partial charge is 0.497 e. The highest BCUT2D eigenvalue weighted by Gasteiger charge is 2.28. The van der Waals surface area contributed by atoms with E-state index in [0.29, 0.717) is 17.0 Å². The molecule has 0 bridgehead atoms. The molecule has 2 heterocycles. The number of hydrogen-bond acceptors (Lipinski definition) is 4. The number of hydrogen-bond donors (Lipinski definition) is 3. The Kier molecular flexibility index (Phi) is 4.72. The molecule has 0 aliphatic carbocycles. The number of rotatable bonds is 4. The van der Waals surface area contributed by atoms with Crippen LogP contribution in [0, 0.1) is 0 Å². The van der Waals surface area contributed by atoms with Crippen LogP contribution < -0.4 is 20.1 Å². The van der Waals surface area contributed by atoms with Crippen molar-refractivity contribution in [2.75, 3.05) is 12.4 Å². The minimum absolute atomic E-state index is 0.0127. The zero-order chi connectivity index (χ0) is 20.5. The van der Waals surface area contributed by atoms with E-state index in [2.05, 4.69) is 15.6 Å². The average molecular weight is 391 g/mol. The minimum Gasteiger partial charge on any atom is -0.497 e. The van der Waals surface area contributed by atoms with Crippen LogP contribution in [0.1, 0.15) is 29.8 Å². The summed E-state index contributed by atoms with van der Waals surface area (Å²) in [6.07, 6.45) is 3.53.